The molecule has 0 fully saturated rings. The number of hydrogen-bond donors (Lipinski definition) is 2. The van der Waals surface area contributed by atoms with E-state index in [-0.39, 0.29) is 5.91 Å². The van der Waals surface area contributed by atoms with Gasteiger partial charge in [-0.15, -0.1) is 0 Å². The molecule has 1 aromatic carbocycles. The first-order valence-electron chi connectivity index (χ1n) is 7.34. The van der Waals surface area contributed by atoms with Gasteiger partial charge < -0.3 is 10.3 Å². The Labute approximate surface area is 129 Å². The maximum Gasteiger partial charge on any atom is 0.225 e. The number of benzene rings is 1. The van der Waals surface area contributed by atoms with Crippen molar-refractivity contribution in [3.63, 3.8) is 0 Å². The van der Waals surface area contributed by atoms with Crippen LogP contribution in [0.1, 0.15) is 25.1 Å². The highest BCUT2D eigenvalue weighted by Crippen LogP contribution is 2.20. The largest absolute Gasteiger partial charge is 0.361 e. The van der Waals surface area contributed by atoms with Gasteiger partial charge in [-0.25, -0.2) is 0 Å². The van der Waals surface area contributed by atoms with Crippen LogP contribution >= 0.6 is 0 Å². The summed E-state index contributed by atoms with van der Waals surface area (Å²) in [7, 11) is 0. The topological polar surface area (TPSA) is 57.8 Å². The molecule has 4 heteroatoms. The van der Waals surface area contributed by atoms with Crippen LogP contribution in [0.25, 0.3) is 10.9 Å². The summed E-state index contributed by atoms with van der Waals surface area (Å²) in [5.41, 5.74) is 2.41. The van der Waals surface area contributed by atoms with Crippen LogP contribution < -0.4 is 5.32 Å². The third kappa shape index (κ3) is 2.86. The minimum absolute atomic E-state index is 0.0135. The van der Waals surface area contributed by atoms with Crippen molar-refractivity contribution in [3.05, 3.63) is 66.1 Å². The Hall–Kier alpha value is -2.62. The zero-order chi connectivity index (χ0) is 15.6. The minimum Gasteiger partial charge on any atom is -0.361 e. The Morgan fingerprint density at radius 1 is 1.18 bits per heavy atom. The molecule has 0 radical (unpaired) electrons. The Balaban J connectivity index is 1.75. The Bertz CT molecular complexity index is 790. The molecule has 0 aliphatic carbocycles. The molecule has 22 heavy (non-hydrogen) atoms. The van der Waals surface area contributed by atoms with E-state index in [0.29, 0.717) is 6.42 Å². The molecule has 4 nitrogen and oxygen atoms in total. The minimum atomic E-state index is -0.496. The second kappa shape index (κ2) is 5.64. The first kappa shape index (κ1) is 14.3. The monoisotopic (exact) mass is 293 g/mol. The summed E-state index contributed by atoms with van der Waals surface area (Å²) < 4.78 is 0. The van der Waals surface area contributed by atoms with E-state index in [1.807, 2.05) is 62.5 Å². The van der Waals surface area contributed by atoms with E-state index in [9.17, 15) is 4.79 Å². The van der Waals surface area contributed by atoms with Gasteiger partial charge in [0.15, 0.2) is 0 Å². The lowest BCUT2D eigenvalue weighted by molar-refractivity contribution is -0.122. The number of H-pyrrole nitrogens is 1. The lowest BCUT2D eigenvalue weighted by Gasteiger charge is -2.25. The average molecular weight is 293 g/mol. The van der Waals surface area contributed by atoms with Crippen molar-refractivity contribution in [2.24, 2.45) is 0 Å². The van der Waals surface area contributed by atoms with E-state index in [2.05, 4.69) is 15.3 Å². The number of aromatic amines is 1. The summed E-state index contributed by atoms with van der Waals surface area (Å²) in [4.78, 5) is 19.9. The normalized spacial score (nSPS) is 11.5. The first-order chi connectivity index (χ1) is 10.6. The van der Waals surface area contributed by atoms with Crippen molar-refractivity contribution in [3.8, 4) is 0 Å². The lowest BCUT2D eigenvalue weighted by atomic mass is 9.99. The lowest BCUT2D eigenvalue weighted by Crippen LogP contribution is -2.42. The van der Waals surface area contributed by atoms with Crippen LogP contribution in [0.3, 0.4) is 0 Å². The molecular weight excluding hydrogens is 274 g/mol. The second-order valence-corrected chi connectivity index (χ2v) is 5.92. The molecular formula is C18H19N3O. The summed E-state index contributed by atoms with van der Waals surface area (Å²) >= 11 is 0. The average Bonchev–Trinajstić information content (AvgIpc) is 2.91. The molecule has 0 spiro atoms. The van der Waals surface area contributed by atoms with E-state index in [4.69, 9.17) is 0 Å². The Morgan fingerprint density at radius 3 is 2.73 bits per heavy atom. The highest BCUT2D eigenvalue weighted by Gasteiger charge is 2.24. The number of carbonyl (C=O) groups is 1. The molecule has 2 N–H and O–H groups in total. The van der Waals surface area contributed by atoms with Gasteiger partial charge in [-0.3, -0.25) is 9.78 Å². The van der Waals surface area contributed by atoms with Gasteiger partial charge in [0.25, 0.3) is 0 Å². The maximum absolute atomic E-state index is 12.4. The zero-order valence-corrected chi connectivity index (χ0v) is 12.8. The zero-order valence-electron chi connectivity index (χ0n) is 12.8. The predicted molar refractivity (Wildman–Crippen MR) is 87.4 cm³/mol. The summed E-state index contributed by atoms with van der Waals surface area (Å²) in [6, 6.07) is 13.7. The van der Waals surface area contributed by atoms with E-state index in [0.717, 1.165) is 22.2 Å². The quantitative estimate of drug-likeness (QED) is 0.776. The van der Waals surface area contributed by atoms with Gasteiger partial charge in [-0.1, -0.05) is 24.3 Å². The van der Waals surface area contributed by atoms with Crippen molar-refractivity contribution in [2.45, 2.75) is 25.8 Å². The third-order valence-electron chi connectivity index (χ3n) is 3.78. The van der Waals surface area contributed by atoms with Gasteiger partial charge >= 0.3 is 0 Å². The van der Waals surface area contributed by atoms with Crippen molar-refractivity contribution in [2.75, 3.05) is 0 Å². The number of para-hydroxylation sites is 1. The van der Waals surface area contributed by atoms with Gasteiger partial charge in [0.2, 0.25) is 5.91 Å². The van der Waals surface area contributed by atoms with Crippen LogP contribution in [-0.4, -0.2) is 15.9 Å². The SMILES string of the molecule is CC(C)(NC(=O)Cc1c[nH]c2ccccc12)c1ccccn1. The third-order valence-corrected chi connectivity index (χ3v) is 3.78. The van der Waals surface area contributed by atoms with Crippen LogP contribution in [0, 0.1) is 0 Å². The fourth-order valence-electron chi connectivity index (χ4n) is 2.64. The summed E-state index contributed by atoms with van der Waals surface area (Å²) in [6.07, 6.45) is 3.99. The number of nitrogens with zero attached hydrogens (tertiary/aromatic N) is 1. The fourth-order valence-corrected chi connectivity index (χ4v) is 2.64. The van der Waals surface area contributed by atoms with Gasteiger partial charge in [0.05, 0.1) is 17.7 Å². The number of pyridine rings is 1. The maximum atomic E-state index is 12.4. The van der Waals surface area contributed by atoms with Crippen molar-refractivity contribution in [1.82, 2.24) is 15.3 Å². The molecule has 0 bridgehead atoms. The Morgan fingerprint density at radius 2 is 1.95 bits per heavy atom. The second-order valence-electron chi connectivity index (χ2n) is 5.92. The smallest absolute Gasteiger partial charge is 0.225 e. The molecule has 3 rings (SSSR count). The molecule has 3 aromatic rings. The number of amides is 1. The number of nitrogens with one attached hydrogen (secondary N) is 2. The molecule has 0 unspecified atom stereocenters. The van der Waals surface area contributed by atoms with Crippen LogP contribution in [0.2, 0.25) is 0 Å². The molecule has 1 amide bonds. The molecule has 0 aliphatic heterocycles. The van der Waals surface area contributed by atoms with E-state index in [1.165, 1.54) is 0 Å². The molecule has 0 saturated heterocycles. The molecule has 112 valence electrons. The Kier molecular flexibility index (Phi) is 3.67. The van der Waals surface area contributed by atoms with E-state index in [1.54, 1.807) is 6.20 Å². The summed E-state index contributed by atoms with van der Waals surface area (Å²) in [5.74, 6) is -0.0135. The standard InChI is InChI=1S/C18H19N3O/c1-18(2,16-9-5-6-10-19-16)21-17(22)11-13-12-20-15-8-4-3-7-14(13)15/h3-10,12,20H,11H2,1-2H3,(H,21,22). The number of aromatic nitrogens is 2. The van der Waals surface area contributed by atoms with Crippen LogP contribution in [0.15, 0.2) is 54.9 Å². The predicted octanol–water partition coefficient (Wildman–Crippen LogP) is 3.16. The first-order valence-corrected chi connectivity index (χ1v) is 7.34. The van der Waals surface area contributed by atoms with Gasteiger partial charge in [-0.2, -0.15) is 0 Å². The molecule has 2 heterocycles. The van der Waals surface area contributed by atoms with Gasteiger partial charge in [-0.05, 0) is 37.6 Å². The fraction of sp³-hybridized carbons (Fsp3) is 0.222. The summed E-state index contributed by atoms with van der Waals surface area (Å²) in [5, 5.41) is 4.15. The van der Waals surface area contributed by atoms with Gasteiger partial charge in [0, 0.05) is 23.3 Å². The number of hydrogen-bond acceptors (Lipinski definition) is 2. The summed E-state index contributed by atoms with van der Waals surface area (Å²) in [6.45, 7) is 3.92. The highest BCUT2D eigenvalue weighted by atomic mass is 16.1. The van der Waals surface area contributed by atoms with Crippen molar-refractivity contribution < 1.29 is 4.79 Å². The molecule has 0 atom stereocenters. The highest BCUT2D eigenvalue weighted by molar-refractivity contribution is 5.89. The molecule has 0 saturated carbocycles. The van der Waals surface area contributed by atoms with Crippen molar-refractivity contribution >= 4 is 16.8 Å². The molecule has 2 aromatic heterocycles. The van der Waals surface area contributed by atoms with Gasteiger partial charge in [0.1, 0.15) is 0 Å². The van der Waals surface area contributed by atoms with Crippen LogP contribution in [-0.2, 0) is 16.8 Å². The number of fused-ring (bicyclic) bond motifs is 1. The van der Waals surface area contributed by atoms with E-state index < -0.39 is 5.54 Å². The molecule has 0 aliphatic rings. The van der Waals surface area contributed by atoms with Crippen molar-refractivity contribution in [1.29, 1.82) is 0 Å². The number of carbonyl (C=O) groups excluding carboxylic acids is 1. The number of rotatable bonds is 4. The van der Waals surface area contributed by atoms with Crippen LogP contribution in [0.5, 0.6) is 0 Å². The van der Waals surface area contributed by atoms with Crippen LogP contribution in [0.4, 0.5) is 0 Å². The van der Waals surface area contributed by atoms with E-state index >= 15 is 0 Å².